The van der Waals surface area contributed by atoms with Crippen LogP contribution in [0.15, 0.2) is 35.4 Å². The number of rotatable bonds is 7. The number of sulfonamides is 1. The van der Waals surface area contributed by atoms with Crippen molar-refractivity contribution in [2.24, 2.45) is 0 Å². The van der Waals surface area contributed by atoms with Gasteiger partial charge in [0.15, 0.2) is 0 Å². The van der Waals surface area contributed by atoms with E-state index in [4.69, 9.17) is 4.74 Å². The molecule has 0 amide bonds. The first-order chi connectivity index (χ1) is 11.0. The molecule has 1 aromatic carbocycles. The number of benzene rings is 1. The molecule has 2 aromatic rings. The molecule has 0 aliphatic heterocycles. The molecule has 1 heterocycles. The molecule has 0 aliphatic carbocycles. The van der Waals surface area contributed by atoms with E-state index in [1.807, 2.05) is 6.92 Å². The molecule has 0 atom stereocenters. The number of aromatic nitrogens is 1. The first-order valence-electron chi connectivity index (χ1n) is 7.06. The van der Waals surface area contributed by atoms with Crippen molar-refractivity contribution in [1.82, 2.24) is 9.71 Å². The summed E-state index contributed by atoms with van der Waals surface area (Å²) in [6.07, 6.45) is 1.54. The van der Waals surface area contributed by atoms with Gasteiger partial charge >= 0.3 is 5.97 Å². The molecule has 8 heteroatoms. The largest absolute Gasteiger partial charge is 0.492 e. The zero-order chi connectivity index (χ0) is 16.9. The summed E-state index contributed by atoms with van der Waals surface area (Å²) < 4.78 is 37.3. The van der Waals surface area contributed by atoms with Crippen molar-refractivity contribution in [3.05, 3.63) is 30.5 Å². The molecular formula is C15H18N2O5S. The number of hydrogen-bond acceptors (Lipinski definition) is 6. The van der Waals surface area contributed by atoms with Gasteiger partial charge in [0.1, 0.15) is 11.3 Å². The van der Waals surface area contributed by atoms with E-state index in [0.717, 1.165) is 0 Å². The van der Waals surface area contributed by atoms with Crippen molar-refractivity contribution >= 4 is 26.9 Å². The number of esters is 1. The first-order valence-corrected chi connectivity index (χ1v) is 8.55. The Morgan fingerprint density at radius 3 is 2.78 bits per heavy atom. The standard InChI is InChI=1S/C15H18N2O5S/c1-3-22-12-6-7-13(11-5-4-9-16-15(11)12)23(19,20)17-10-8-14(18)21-2/h4-7,9,17H,3,8,10H2,1-2H3. The number of methoxy groups -OCH3 is 1. The van der Waals surface area contributed by atoms with E-state index < -0.39 is 16.0 Å². The van der Waals surface area contributed by atoms with Gasteiger partial charge in [-0.15, -0.1) is 0 Å². The predicted octanol–water partition coefficient (Wildman–Crippen LogP) is 1.47. The highest BCUT2D eigenvalue weighted by atomic mass is 32.2. The molecule has 0 aliphatic rings. The average Bonchev–Trinajstić information content (AvgIpc) is 2.54. The number of ether oxygens (including phenoxy) is 2. The molecule has 0 saturated heterocycles. The van der Waals surface area contributed by atoms with Gasteiger partial charge in [-0.3, -0.25) is 9.78 Å². The molecule has 0 saturated carbocycles. The van der Waals surface area contributed by atoms with E-state index in [-0.39, 0.29) is 17.9 Å². The Labute approximate surface area is 134 Å². The average molecular weight is 338 g/mol. The van der Waals surface area contributed by atoms with E-state index in [9.17, 15) is 13.2 Å². The van der Waals surface area contributed by atoms with Crippen molar-refractivity contribution in [3.63, 3.8) is 0 Å². The fourth-order valence-electron chi connectivity index (χ4n) is 2.09. The number of pyridine rings is 1. The number of nitrogens with one attached hydrogen (secondary N) is 1. The van der Waals surface area contributed by atoms with E-state index in [1.54, 1.807) is 24.4 Å². The third kappa shape index (κ3) is 3.96. The lowest BCUT2D eigenvalue weighted by Crippen LogP contribution is -2.26. The minimum absolute atomic E-state index is 0.0377. The molecule has 0 spiro atoms. The van der Waals surface area contributed by atoms with Crippen LogP contribution in [-0.2, 0) is 19.6 Å². The van der Waals surface area contributed by atoms with Gasteiger partial charge in [0.05, 0.1) is 25.0 Å². The van der Waals surface area contributed by atoms with Crippen molar-refractivity contribution in [2.45, 2.75) is 18.2 Å². The maximum absolute atomic E-state index is 12.5. The second kappa shape index (κ2) is 7.38. The van der Waals surface area contributed by atoms with Gasteiger partial charge in [-0.2, -0.15) is 0 Å². The Hall–Kier alpha value is -2.19. The lowest BCUT2D eigenvalue weighted by Gasteiger charge is -2.12. The van der Waals surface area contributed by atoms with Crippen LogP contribution in [0, 0.1) is 0 Å². The lowest BCUT2D eigenvalue weighted by molar-refractivity contribution is -0.140. The molecular weight excluding hydrogens is 320 g/mol. The van der Waals surface area contributed by atoms with E-state index in [2.05, 4.69) is 14.4 Å². The summed E-state index contributed by atoms with van der Waals surface area (Å²) in [4.78, 5) is 15.4. The van der Waals surface area contributed by atoms with Gasteiger partial charge < -0.3 is 9.47 Å². The minimum Gasteiger partial charge on any atom is -0.492 e. The molecule has 124 valence electrons. The normalized spacial score (nSPS) is 11.4. The molecule has 1 aromatic heterocycles. The summed E-state index contributed by atoms with van der Waals surface area (Å²) in [5.41, 5.74) is 0.477. The van der Waals surface area contributed by atoms with Crippen LogP contribution in [-0.4, -0.2) is 39.6 Å². The first kappa shape index (κ1) is 17.2. The maximum atomic E-state index is 12.5. The van der Waals surface area contributed by atoms with E-state index in [1.165, 1.54) is 13.2 Å². The summed E-state index contributed by atoms with van der Waals surface area (Å²) >= 11 is 0. The second-order valence-electron chi connectivity index (χ2n) is 4.62. The number of carbonyl (C=O) groups is 1. The summed E-state index contributed by atoms with van der Waals surface area (Å²) in [6, 6.07) is 6.37. The SMILES string of the molecule is CCOc1ccc(S(=O)(=O)NCCC(=O)OC)c2cccnc12. The van der Waals surface area contributed by atoms with Crippen LogP contribution in [0.5, 0.6) is 5.75 Å². The van der Waals surface area contributed by atoms with Crippen LogP contribution in [0.4, 0.5) is 0 Å². The Morgan fingerprint density at radius 2 is 2.09 bits per heavy atom. The van der Waals surface area contributed by atoms with Crippen LogP contribution < -0.4 is 9.46 Å². The molecule has 0 fully saturated rings. The number of carbonyl (C=O) groups excluding carboxylic acids is 1. The number of fused-ring (bicyclic) bond motifs is 1. The van der Waals surface area contributed by atoms with Crippen LogP contribution >= 0.6 is 0 Å². The molecule has 7 nitrogen and oxygen atoms in total. The van der Waals surface area contributed by atoms with Crippen LogP contribution in [0.1, 0.15) is 13.3 Å². The number of nitrogens with zero attached hydrogens (tertiary/aromatic N) is 1. The monoisotopic (exact) mass is 338 g/mol. The fourth-order valence-corrected chi connectivity index (χ4v) is 3.32. The molecule has 0 unspecified atom stereocenters. The van der Waals surface area contributed by atoms with Gasteiger partial charge in [0.25, 0.3) is 0 Å². The summed E-state index contributed by atoms with van der Waals surface area (Å²) in [5, 5.41) is 0.462. The highest BCUT2D eigenvalue weighted by Gasteiger charge is 2.19. The van der Waals surface area contributed by atoms with Crippen molar-refractivity contribution in [1.29, 1.82) is 0 Å². The van der Waals surface area contributed by atoms with Gasteiger partial charge in [-0.1, -0.05) is 0 Å². The predicted molar refractivity (Wildman–Crippen MR) is 84.7 cm³/mol. The van der Waals surface area contributed by atoms with Crippen molar-refractivity contribution in [2.75, 3.05) is 20.3 Å². The van der Waals surface area contributed by atoms with Crippen LogP contribution in [0.25, 0.3) is 10.9 Å². The summed E-state index contributed by atoms with van der Waals surface area (Å²) in [5.74, 6) is 0.0440. The van der Waals surface area contributed by atoms with Gasteiger partial charge in [0, 0.05) is 18.1 Å². The van der Waals surface area contributed by atoms with E-state index >= 15 is 0 Å². The van der Waals surface area contributed by atoms with Gasteiger partial charge in [-0.25, -0.2) is 13.1 Å². The zero-order valence-corrected chi connectivity index (χ0v) is 13.7. The zero-order valence-electron chi connectivity index (χ0n) is 12.9. The smallest absolute Gasteiger partial charge is 0.306 e. The molecule has 0 bridgehead atoms. The molecule has 1 N–H and O–H groups in total. The van der Waals surface area contributed by atoms with Gasteiger partial charge in [-0.05, 0) is 31.2 Å². The highest BCUT2D eigenvalue weighted by Crippen LogP contribution is 2.29. The Kier molecular flexibility index (Phi) is 5.51. The fraction of sp³-hybridized carbons (Fsp3) is 0.333. The second-order valence-corrected chi connectivity index (χ2v) is 6.35. The minimum atomic E-state index is -3.78. The van der Waals surface area contributed by atoms with Gasteiger partial charge in [0.2, 0.25) is 10.0 Å². The van der Waals surface area contributed by atoms with E-state index in [0.29, 0.717) is 23.3 Å². The molecule has 2 rings (SSSR count). The number of hydrogen-bond donors (Lipinski definition) is 1. The van der Waals surface area contributed by atoms with Crippen LogP contribution in [0.2, 0.25) is 0 Å². The Balaban J connectivity index is 2.35. The van der Waals surface area contributed by atoms with Crippen LogP contribution in [0.3, 0.4) is 0 Å². The third-order valence-electron chi connectivity index (χ3n) is 3.13. The van der Waals surface area contributed by atoms with Crippen molar-refractivity contribution < 1.29 is 22.7 Å². The molecule has 0 radical (unpaired) electrons. The maximum Gasteiger partial charge on any atom is 0.306 e. The Bertz CT molecular complexity index is 805. The topological polar surface area (TPSA) is 94.6 Å². The third-order valence-corrected chi connectivity index (χ3v) is 4.65. The Morgan fingerprint density at radius 1 is 1.30 bits per heavy atom. The lowest BCUT2D eigenvalue weighted by atomic mass is 10.2. The highest BCUT2D eigenvalue weighted by molar-refractivity contribution is 7.89. The summed E-state index contributed by atoms with van der Waals surface area (Å²) in [7, 11) is -2.52. The molecule has 23 heavy (non-hydrogen) atoms. The van der Waals surface area contributed by atoms with Crippen molar-refractivity contribution in [3.8, 4) is 5.75 Å². The summed E-state index contributed by atoms with van der Waals surface area (Å²) in [6.45, 7) is 2.26. The quantitative estimate of drug-likeness (QED) is 0.768.